The van der Waals surface area contributed by atoms with Crippen LogP contribution in [-0.4, -0.2) is 15.0 Å². The summed E-state index contributed by atoms with van der Waals surface area (Å²) in [5.74, 6) is 1.93. The molecule has 0 bridgehead atoms. The van der Waals surface area contributed by atoms with Crippen molar-refractivity contribution < 1.29 is 4.42 Å². The Morgan fingerprint density at radius 1 is 0.362 bits per heavy atom. The van der Waals surface area contributed by atoms with Gasteiger partial charge in [0.15, 0.2) is 17.5 Å². The van der Waals surface area contributed by atoms with Crippen LogP contribution in [0.5, 0.6) is 0 Å². The van der Waals surface area contributed by atoms with Crippen LogP contribution in [0.3, 0.4) is 0 Å². The summed E-state index contributed by atoms with van der Waals surface area (Å²) in [4.78, 5) is 15.5. The van der Waals surface area contributed by atoms with Crippen LogP contribution >= 0.6 is 0 Å². The number of nitrogens with zero attached hydrogens (tertiary/aromatic N) is 3. The lowest BCUT2D eigenvalue weighted by molar-refractivity contribution is 0.660. The molecule has 0 atom stereocenters. The Morgan fingerprint density at radius 3 is 1.71 bits per heavy atom. The van der Waals surface area contributed by atoms with Crippen molar-refractivity contribution >= 4 is 21.9 Å². The maximum atomic E-state index is 6.56. The zero-order valence-electron chi connectivity index (χ0n) is 32.1. The maximum Gasteiger partial charge on any atom is 0.164 e. The number of furan rings is 1. The zero-order valence-corrected chi connectivity index (χ0v) is 32.1. The molecule has 0 amide bonds. The topological polar surface area (TPSA) is 51.8 Å². The van der Waals surface area contributed by atoms with E-state index >= 15 is 0 Å². The van der Waals surface area contributed by atoms with Crippen LogP contribution < -0.4 is 0 Å². The van der Waals surface area contributed by atoms with E-state index in [1.54, 1.807) is 0 Å². The van der Waals surface area contributed by atoms with Crippen molar-refractivity contribution in [3.63, 3.8) is 0 Å². The normalized spacial score (nSPS) is 12.8. The number of fused-ring (bicyclic) bond motifs is 6. The summed E-state index contributed by atoms with van der Waals surface area (Å²) in [6, 6.07) is 66.0. The van der Waals surface area contributed by atoms with Gasteiger partial charge in [-0.2, -0.15) is 0 Å². The predicted octanol–water partition coefficient (Wildman–Crippen LogP) is 14.1. The molecule has 0 saturated carbocycles. The first-order chi connectivity index (χ1) is 28.5. The average Bonchev–Trinajstić information content (AvgIpc) is 3.78. The van der Waals surface area contributed by atoms with Crippen molar-refractivity contribution in [3.05, 3.63) is 199 Å². The molecule has 8 aromatic carbocycles. The predicted molar refractivity (Wildman–Crippen MR) is 237 cm³/mol. The van der Waals surface area contributed by atoms with Crippen molar-refractivity contribution in [1.82, 2.24) is 15.0 Å². The largest absolute Gasteiger partial charge is 0.456 e. The first kappa shape index (κ1) is 33.9. The van der Waals surface area contributed by atoms with E-state index in [0.29, 0.717) is 17.5 Å². The molecule has 0 unspecified atom stereocenters. The van der Waals surface area contributed by atoms with Crippen LogP contribution in [0, 0.1) is 0 Å². The minimum Gasteiger partial charge on any atom is -0.456 e. The highest BCUT2D eigenvalue weighted by Gasteiger charge is 2.37. The molecule has 0 spiro atoms. The zero-order chi connectivity index (χ0) is 38.8. The molecule has 4 heteroatoms. The highest BCUT2D eigenvalue weighted by atomic mass is 16.3. The SMILES string of the molecule is CC1(C)c2ccccc2-c2c(-c3nc(-c4ccccc4)nc(-c4cccc(-c5ccc6c(c5)oc5cccc(-c7ccc(-c8ccccc8)cc7)c56)c4)n3)cccc21. The number of benzene rings is 8. The molecule has 2 heterocycles. The smallest absolute Gasteiger partial charge is 0.164 e. The molecule has 0 saturated heterocycles. The quantitative estimate of drug-likeness (QED) is 0.170. The number of hydrogen-bond donors (Lipinski definition) is 0. The second-order valence-electron chi connectivity index (χ2n) is 15.6. The Hall–Kier alpha value is -7.43. The molecule has 1 aliphatic rings. The summed E-state index contributed by atoms with van der Waals surface area (Å²) in [5, 5.41) is 2.21. The van der Waals surface area contributed by atoms with Gasteiger partial charge in [-0.05, 0) is 79.9 Å². The molecule has 274 valence electrons. The molecule has 11 rings (SSSR count). The van der Waals surface area contributed by atoms with Gasteiger partial charge in [0.25, 0.3) is 0 Å². The van der Waals surface area contributed by atoms with Gasteiger partial charge in [0.2, 0.25) is 0 Å². The van der Waals surface area contributed by atoms with Crippen LogP contribution in [0.1, 0.15) is 25.0 Å². The van der Waals surface area contributed by atoms with Gasteiger partial charge in [-0.25, -0.2) is 15.0 Å². The summed E-state index contributed by atoms with van der Waals surface area (Å²) >= 11 is 0. The minimum atomic E-state index is -0.134. The fraction of sp³-hybridized carbons (Fsp3) is 0.0556. The van der Waals surface area contributed by atoms with Gasteiger partial charge in [0, 0.05) is 32.9 Å². The van der Waals surface area contributed by atoms with Gasteiger partial charge in [-0.15, -0.1) is 0 Å². The van der Waals surface area contributed by atoms with Crippen LogP contribution in [0.2, 0.25) is 0 Å². The lowest BCUT2D eigenvalue weighted by Crippen LogP contribution is -2.14. The standard InChI is InChI=1S/C54H37N3O/c1-54(2)45-23-10-9-20-42(45)49-44(22-12-24-46(49)54)53-56-51(37-16-7-4-8-17-37)55-52(57-53)40-19-11-18-38(32-40)39-30-31-43-48(33-39)58-47-25-13-21-41(50(43)47)36-28-26-35(27-29-36)34-14-5-3-6-15-34/h3-33H,1-2H3. The van der Waals surface area contributed by atoms with Crippen LogP contribution in [-0.2, 0) is 5.41 Å². The summed E-state index contributed by atoms with van der Waals surface area (Å²) in [5.41, 5.74) is 16.3. The van der Waals surface area contributed by atoms with Gasteiger partial charge in [-0.1, -0.05) is 178 Å². The van der Waals surface area contributed by atoms with Crippen molar-refractivity contribution in [2.75, 3.05) is 0 Å². The van der Waals surface area contributed by atoms with Gasteiger partial charge >= 0.3 is 0 Å². The lowest BCUT2D eigenvalue weighted by atomic mass is 9.82. The van der Waals surface area contributed by atoms with Crippen molar-refractivity contribution in [1.29, 1.82) is 0 Å². The highest BCUT2D eigenvalue weighted by Crippen LogP contribution is 2.51. The van der Waals surface area contributed by atoms with Crippen LogP contribution in [0.15, 0.2) is 192 Å². The molecule has 0 N–H and O–H groups in total. The average molecular weight is 744 g/mol. The number of aromatic nitrogens is 3. The van der Waals surface area contributed by atoms with E-state index in [4.69, 9.17) is 19.4 Å². The third kappa shape index (κ3) is 5.56. The van der Waals surface area contributed by atoms with Crippen LogP contribution in [0.25, 0.3) is 101 Å². The second kappa shape index (κ2) is 13.4. The number of rotatable bonds is 6. The Morgan fingerprint density at radius 2 is 0.897 bits per heavy atom. The minimum absolute atomic E-state index is 0.134. The molecule has 58 heavy (non-hydrogen) atoms. The van der Waals surface area contributed by atoms with E-state index in [9.17, 15) is 0 Å². The van der Waals surface area contributed by atoms with E-state index < -0.39 is 0 Å². The number of hydrogen-bond acceptors (Lipinski definition) is 4. The van der Waals surface area contributed by atoms with E-state index in [-0.39, 0.29) is 5.41 Å². The fourth-order valence-electron chi connectivity index (χ4n) is 8.84. The summed E-state index contributed by atoms with van der Waals surface area (Å²) < 4.78 is 6.56. The molecular formula is C54H37N3O. The molecule has 0 aliphatic heterocycles. The Kier molecular flexibility index (Phi) is 7.80. The van der Waals surface area contributed by atoms with Gasteiger partial charge in [0.1, 0.15) is 11.2 Å². The van der Waals surface area contributed by atoms with Gasteiger partial charge in [0.05, 0.1) is 0 Å². The maximum absolute atomic E-state index is 6.56. The molecule has 4 nitrogen and oxygen atoms in total. The molecule has 0 radical (unpaired) electrons. The van der Waals surface area contributed by atoms with E-state index in [2.05, 4.69) is 178 Å². The van der Waals surface area contributed by atoms with E-state index in [0.717, 1.165) is 60.9 Å². The third-order valence-corrected chi connectivity index (χ3v) is 11.8. The fourth-order valence-corrected chi connectivity index (χ4v) is 8.84. The van der Waals surface area contributed by atoms with Gasteiger partial charge in [-0.3, -0.25) is 0 Å². The molecule has 1 aliphatic carbocycles. The van der Waals surface area contributed by atoms with Crippen molar-refractivity contribution in [2.24, 2.45) is 0 Å². The van der Waals surface area contributed by atoms with E-state index in [1.807, 2.05) is 24.3 Å². The first-order valence-corrected chi connectivity index (χ1v) is 19.8. The van der Waals surface area contributed by atoms with Gasteiger partial charge < -0.3 is 4.42 Å². The molecule has 10 aromatic rings. The van der Waals surface area contributed by atoms with E-state index in [1.165, 1.54) is 33.4 Å². The first-order valence-electron chi connectivity index (χ1n) is 19.8. The van der Waals surface area contributed by atoms with Crippen LogP contribution in [0.4, 0.5) is 0 Å². The molecule has 0 fully saturated rings. The van der Waals surface area contributed by atoms with Crippen molar-refractivity contribution in [3.8, 4) is 78.7 Å². The Bertz CT molecular complexity index is 3180. The summed E-state index contributed by atoms with van der Waals surface area (Å²) in [7, 11) is 0. The molecule has 2 aromatic heterocycles. The Balaban J connectivity index is 1.00. The Labute approximate surface area is 337 Å². The summed E-state index contributed by atoms with van der Waals surface area (Å²) in [6.07, 6.45) is 0. The lowest BCUT2D eigenvalue weighted by Gasteiger charge is -2.21. The van der Waals surface area contributed by atoms with Crippen molar-refractivity contribution in [2.45, 2.75) is 19.3 Å². The highest BCUT2D eigenvalue weighted by molar-refractivity contribution is 6.13. The monoisotopic (exact) mass is 743 g/mol. The second-order valence-corrected chi connectivity index (χ2v) is 15.6. The molecular weight excluding hydrogens is 707 g/mol. The summed E-state index contributed by atoms with van der Waals surface area (Å²) in [6.45, 7) is 4.60. The third-order valence-electron chi connectivity index (χ3n) is 11.8.